The summed E-state index contributed by atoms with van der Waals surface area (Å²) in [6.45, 7) is 4.39. The van der Waals surface area contributed by atoms with Crippen molar-refractivity contribution in [1.82, 2.24) is 9.88 Å². The fourth-order valence-electron chi connectivity index (χ4n) is 3.66. The number of hydrogen-bond acceptors (Lipinski definition) is 7. The maximum atomic E-state index is 12.8. The van der Waals surface area contributed by atoms with Gasteiger partial charge in [0.15, 0.2) is 15.9 Å². The van der Waals surface area contributed by atoms with Crippen LogP contribution in [0.1, 0.15) is 33.3 Å². The number of nitrogens with zero attached hydrogens (tertiary/aromatic N) is 3. The van der Waals surface area contributed by atoms with Gasteiger partial charge in [0.05, 0.1) is 17.9 Å². The molecule has 1 fully saturated rings. The van der Waals surface area contributed by atoms with E-state index in [0.717, 1.165) is 28.8 Å². The Morgan fingerprint density at radius 1 is 0.939 bits per heavy atom. The fourth-order valence-corrected chi connectivity index (χ4v) is 5.40. The number of rotatable bonds is 8. The van der Waals surface area contributed by atoms with Crippen LogP contribution in [0.25, 0.3) is 0 Å². The van der Waals surface area contributed by atoms with Gasteiger partial charge in [-0.3, -0.25) is 14.4 Å². The van der Waals surface area contributed by atoms with Gasteiger partial charge >= 0.3 is 0 Å². The number of carbonyl (C=O) groups excluding carboxylic acids is 3. The normalized spacial score (nSPS) is 13.7. The number of hydrogen-bond donors (Lipinski definition) is 0. The monoisotopic (exact) mass is 479 g/mol. The summed E-state index contributed by atoms with van der Waals surface area (Å²) in [5.41, 5.74) is 3.23. The van der Waals surface area contributed by atoms with Gasteiger partial charge in [-0.1, -0.05) is 42.1 Å². The first-order valence-corrected chi connectivity index (χ1v) is 12.7. The first-order valence-electron chi connectivity index (χ1n) is 10.8. The fraction of sp³-hybridized carbons (Fsp3) is 0.280. The Hall–Kier alpha value is -2.97. The van der Waals surface area contributed by atoms with Gasteiger partial charge in [0.25, 0.3) is 0 Å². The molecule has 0 N–H and O–H groups in total. The first kappa shape index (κ1) is 23.2. The highest BCUT2D eigenvalue weighted by atomic mass is 32.2. The molecule has 2 heterocycles. The van der Waals surface area contributed by atoms with Crippen molar-refractivity contribution in [2.45, 2.75) is 17.7 Å². The molecule has 0 saturated carbocycles. The van der Waals surface area contributed by atoms with E-state index in [9.17, 15) is 14.4 Å². The van der Waals surface area contributed by atoms with Crippen LogP contribution in [0.3, 0.4) is 0 Å². The van der Waals surface area contributed by atoms with Crippen LogP contribution in [0.2, 0.25) is 0 Å². The average molecular weight is 480 g/mol. The highest BCUT2D eigenvalue weighted by Crippen LogP contribution is 2.24. The molecule has 170 valence electrons. The van der Waals surface area contributed by atoms with Crippen LogP contribution in [0.4, 0.5) is 5.69 Å². The van der Waals surface area contributed by atoms with Gasteiger partial charge in [0.2, 0.25) is 5.91 Å². The Balaban J connectivity index is 1.24. The Kier molecular flexibility index (Phi) is 7.57. The molecule has 1 saturated heterocycles. The summed E-state index contributed by atoms with van der Waals surface area (Å²) in [7, 11) is 0. The third-order valence-corrected chi connectivity index (χ3v) is 7.63. The largest absolute Gasteiger partial charge is 0.368 e. The number of thiazole rings is 1. The summed E-state index contributed by atoms with van der Waals surface area (Å²) in [5.74, 6) is 0.537. The lowest BCUT2D eigenvalue weighted by molar-refractivity contribution is -0.130. The van der Waals surface area contributed by atoms with Gasteiger partial charge in [-0.25, -0.2) is 4.98 Å². The van der Waals surface area contributed by atoms with Gasteiger partial charge < -0.3 is 9.80 Å². The van der Waals surface area contributed by atoms with Gasteiger partial charge in [-0.05, 0) is 31.2 Å². The van der Waals surface area contributed by atoms with Gasteiger partial charge in [-0.15, -0.1) is 11.3 Å². The minimum absolute atomic E-state index is 0.0587. The molecule has 4 rings (SSSR count). The van der Waals surface area contributed by atoms with Crippen molar-refractivity contribution >= 4 is 46.3 Å². The molecule has 0 spiro atoms. The second-order valence-corrected chi connectivity index (χ2v) is 9.91. The number of Topliss-reactive ketones (excluding diaryl/α,β-unsaturated/α-hetero) is 2. The van der Waals surface area contributed by atoms with Crippen molar-refractivity contribution in [3.63, 3.8) is 0 Å². The summed E-state index contributed by atoms with van der Waals surface area (Å²) in [5, 5.41) is 1.90. The van der Waals surface area contributed by atoms with E-state index in [-0.39, 0.29) is 23.9 Å². The number of thioether (sulfide) groups is 1. The van der Waals surface area contributed by atoms with E-state index in [2.05, 4.69) is 9.88 Å². The molecule has 6 nitrogen and oxygen atoms in total. The summed E-state index contributed by atoms with van der Waals surface area (Å²) >= 11 is 2.89. The highest BCUT2D eigenvalue weighted by molar-refractivity contribution is 8.01. The van der Waals surface area contributed by atoms with Crippen LogP contribution in [-0.2, 0) is 11.2 Å². The third kappa shape index (κ3) is 6.09. The number of ketones is 2. The van der Waals surface area contributed by atoms with Gasteiger partial charge in [0, 0.05) is 48.4 Å². The number of amides is 1. The van der Waals surface area contributed by atoms with Crippen LogP contribution in [-0.4, -0.2) is 59.3 Å². The van der Waals surface area contributed by atoms with Gasteiger partial charge in [-0.2, -0.15) is 0 Å². The molecule has 1 amide bonds. The molecule has 0 atom stereocenters. The molecule has 1 aliphatic rings. The van der Waals surface area contributed by atoms with E-state index >= 15 is 0 Å². The lowest BCUT2D eigenvalue weighted by Gasteiger charge is -2.36. The van der Waals surface area contributed by atoms with E-state index in [4.69, 9.17) is 0 Å². The number of anilines is 1. The number of carbonyl (C=O) groups is 3. The average Bonchev–Trinajstić information content (AvgIpc) is 3.30. The first-order chi connectivity index (χ1) is 16.0. The van der Waals surface area contributed by atoms with Crippen LogP contribution in [0.5, 0.6) is 0 Å². The second kappa shape index (κ2) is 10.8. The minimum Gasteiger partial charge on any atom is -0.368 e. The van der Waals surface area contributed by atoms with E-state index in [1.165, 1.54) is 23.1 Å². The molecule has 0 radical (unpaired) electrons. The third-order valence-electron chi connectivity index (χ3n) is 5.56. The molecule has 0 aliphatic carbocycles. The Labute approximate surface area is 201 Å². The zero-order valence-electron chi connectivity index (χ0n) is 18.4. The summed E-state index contributed by atoms with van der Waals surface area (Å²) in [4.78, 5) is 45.1. The lowest BCUT2D eigenvalue weighted by atomic mass is 10.1. The Bertz CT molecular complexity index is 1120. The smallest absolute Gasteiger partial charge is 0.228 e. The summed E-state index contributed by atoms with van der Waals surface area (Å²) < 4.78 is 0.806. The van der Waals surface area contributed by atoms with Crippen LogP contribution in [0, 0.1) is 0 Å². The number of aromatic nitrogens is 1. The standard InChI is InChI=1S/C25H25N3O3S2/c1-18(29)19-7-9-22(10-8-19)27-11-13-28(14-12-27)24(31)15-21-16-32-25(26-21)33-17-23(30)20-5-3-2-4-6-20/h2-10,16H,11-15,17H2,1H3. The van der Waals surface area contributed by atoms with E-state index < -0.39 is 0 Å². The molecule has 1 aliphatic heterocycles. The molecular formula is C25H25N3O3S2. The quantitative estimate of drug-likeness (QED) is 0.356. The van der Waals surface area contributed by atoms with Gasteiger partial charge in [0.1, 0.15) is 0 Å². The summed E-state index contributed by atoms with van der Waals surface area (Å²) in [6, 6.07) is 16.9. The van der Waals surface area contributed by atoms with Crippen molar-refractivity contribution in [2.75, 3.05) is 36.8 Å². The van der Waals surface area contributed by atoms with Crippen LogP contribution < -0.4 is 4.90 Å². The van der Waals surface area contributed by atoms with E-state index in [0.29, 0.717) is 30.0 Å². The molecule has 1 aromatic heterocycles. The van der Waals surface area contributed by atoms with Crippen molar-refractivity contribution < 1.29 is 14.4 Å². The highest BCUT2D eigenvalue weighted by Gasteiger charge is 2.22. The molecular weight excluding hydrogens is 454 g/mol. The van der Waals surface area contributed by atoms with E-state index in [1.807, 2.05) is 64.9 Å². The Morgan fingerprint density at radius 2 is 1.64 bits per heavy atom. The van der Waals surface area contributed by atoms with Crippen molar-refractivity contribution in [3.8, 4) is 0 Å². The van der Waals surface area contributed by atoms with Crippen LogP contribution in [0.15, 0.2) is 64.3 Å². The predicted octanol–water partition coefficient (Wildman–Crippen LogP) is 4.21. The van der Waals surface area contributed by atoms with Crippen molar-refractivity contribution in [1.29, 1.82) is 0 Å². The SMILES string of the molecule is CC(=O)c1ccc(N2CCN(C(=O)Cc3csc(SCC(=O)c4ccccc4)n3)CC2)cc1. The summed E-state index contributed by atoms with van der Waals surface area (Å²) in [6.07, 6.45) is 0.275. The predicted molar refractivity (Wildman–Crippen MR) is 133 cm³/mol. The zero-order chi connectivity index (χ0) is 23.2. The van der Waals surface area contributed by atoms with Crippen molar-refractivity contribution in [3.05, 3.63) is 76.8 Å². The maximum absolute atomic E-state index is 12.8. The Morgan fingerprint density at radius 3 is 2.30 bits per heavy atom. The number of piperazine rings is 1. The van der Waals surface area contributed by atoms with Crippen LogP contribution >= 0.6 is 23.1 Å². The maximum Gasteiger partial charge on any atom is 0.228 e. The number of benzene rings is 2. The molecule has 8 heteroatoms. The lowest BCUT2D eigenvalue weighted by Crippen LogP contribution is -2.49. The van der Waals surface area contributed by atoms with Crippen molar-refractivity contribution in [2.24, 2.45) is 0 Å². The molecule has 3 aromatic rings. The van der Waals surface area contributed by atoms with E-state index in [1.54, 1.807) is 6.92 Å². The molecule has 0 bridgehead atoms. The molecule has 2 aromatic carbocycles. The minimum atomic E-state index is 0.0587. The topological polar surface area (TPSA) is 70.6 Å². The second-order valence-electron chi connectivity index (χ2n) is 7.83. The molecule has 33 heavy (non-hydrogen) atoms. The molecule has 0 unspecified atom stereocenters. The zero-order valence-corrected chi connectivity index (χ0v) is 20.0.